The molecule has 3 amide bonds. The van der Waals surface area contributed by atoms with Gasteiger partial charge in [-0.25, -0.2) is 4.39 Å². The number of imide groups is 1. The fourth-order valence-corrected chi connectivity index (χ4v) is 5.52. The van der Waals surface area contributed by atoms with E-state index in [1.165, 1.54) is 28.4 Å². The maximum atomic E-state index is 13.1. The summed E-state index contributed by atoms with van der Waals surface area (Å²) in [4.78, 5) is 41.6. The Labute approximate surface area is 176 Å². The van der Waals surface area contributed by atoms with Crippen molar-refractivity contribution in [2.45, 2.75) is 56.7 Å². The number of nitrogens with zero attached hydrogens (tertiary/aromatic N) is 1. The Balaban J connectivity index is 1.41. The van der Waals surface area contributed by atoms with Gasteiger partial charge in [0.2, 0.25) is 5.91 Å². The van der Waals surface area contributed by atoms with Gasteiger partial charge in [-0.2, -0.15) is 0 Å². The number of rotatable bonds is 5. The summed E-state index contributed by atoms with van der Waals surface area (Å²) in [7, 11) is 0. The van der Waals surface area contributed by atoms with Crippen LogP contribution in [0.4, 0.5) is 4.39 Å². The average molecular weight is 419 g/mol. The van der Waals surface area contributed by atoms with Crippen LogP contribution in [-0.2, 0) is 20.9 Å². The van der Waals surface area contributed by atoms with Gasteiger partial charge >= 0.3 is 0 Å². The van der Waals surface area contributed by atoms with Crippen molar-refractivity contribution >= 4 is 17.7 Å². The van der Waals surface area contributed by atoms with E-state index >= 15 is 0 Å². The molecule has 4 rings (SSSR count). The molecule has 1 aromatic rings. The van der Waals surface area contributed by atoms with E-state index in [9.17, 15) is 18.8 Å². The molecule has 3 saturated heterocycles. The zero-order chi connectivity index (χ0) is 21.3. The molecule has 0 unspecified atom stereocenters. The largest absolute Gasteiger partial charge is 0.364 e. The molecule has 3 fully saturated rings. The van der Waals surface area contributed by atoms with Crippen LogP contribution in [0.2, 0.25) is 0 Å². The van der Waals surface area contributed by atoms with E-state index < -0.39 is 11.6 Å². The van der Waals surface area contributed by atoms with Gasteiger partial charge in [0.05, 0.1) is 52.0 Å². The lowest BCUT2D eigenvalue weighted by Crippen LogP contribution is -3.27. The van der Waals surface area contributed by atoms with E-state index in [-0.39, 0.29) is 36.5 Å². The van der Waals surface area contributed by atoms with Crippen molar-refractivity contribution in [3.05, 3.63) is 35.6 Å². The molecule has 7 nitrogen and oxygen atoms in total. The lowest BCUT2D eigenvalue weighted by molar-refractivity contribution is -0.978. The summed E-state index contributed by atoms with van der Waals surface area (Å²) in [6, 6.07) is 5.46. The number of nitrogens with one attached hydrogen (secondary N) is 2. The van der Waals surface area contributed by atoms with Crippen molar-refractivity contribution in [3.8, 4) is 0 Å². The summed E-state index contributed by atoms with van der Waals surface area (Å²) in [5.74, 6) is -0.932. The van der Waals surface area contributed by atoms with E-state index in [4.69, 9.17) is 5.73 Å². The first-order valence-electron chi connectivity index (χ1n) is 11.0. The van der Waals surface area contributed by atoms with E-state index in [0.717, 1.165) is 36.4 Å². The van der Waals surface area contributed by atoms with Gasteiger partial charge in [-0.1, -0.05) is 12.1 Å². The number of likely N-dealkylation sites (tertiary alicyclic amines) is 3. The number of primary amides is 1. The van der Waals surface area contributed by atoms with Crippen LogP contribution in [0.25, 0.3) is 0 Å². The lowest BCUT2D eigenvalue weighted by Gasteiger charge is -2.44. The van der Waals surface area contributed by atoms with Gasteiger partial charge in [-0.15, -0.1) is 0 Å². The maximum absolute atomic E-state index is 13.1. The molecule has 30 heavy (non-hydrogen) atoms. The number of amides is 3. The van der Waals surface area contributed by atoms with Gasteiger partial charge in [0.25, 0.3) is 11.8 Å². The number of hydrogen-bond donors (Lipinski definition) is 3. The Morgan fingerprint density at radius 1 is 1.07 bits per heavy atom. The predicted molar refractivity (Wildman–Crippen MR) is 107 cm³/mol. The first-order chi connectivity index (χ1) is 14.4. The van der Waals surface area contributed by atoms with E-state index in [1.807, 2.05) is 0 Å². The Bertz CT molecular complexity index is 814. The first-order valence-corrected chi connectivity index (χ1v) is 11.0. The topological polar surface area (TPSA) is 89.3 Å². The smallest absolute Gasteiger partial charge is 0.288 e. The second-order valence-corrected chi connectivity index (χ2v) is 8.97. The Morgan fingerprint density at radius 3 is 2.30 bits per heavy atom. The molecular formula is C22H31FN4O3+2. The third kappa shape index (κ3) is 3.86. The fourth-order valence-electron chi connectivity index (χ4n) is 5.52. The minimum absolute atomic E-state index is 0.170. The van der Waals surface area contributed by atoms with Crippen LogP contribution in [0.15, 0.2) is 24.3 Å². The number of nitrogens with two attached hydrogens (primary N) is 1. The monoisotopic (exact) mass is 418 g/mol. The lowest BCUT2D eigenvalue weighted by atomic mass is 9.83. The number of carbonyl (C=O) groups excluding carboxylic acids is 3. The zero-order valence-corrected chi connectivity index (χ0v) is 17.3. The molecule has 1 atom stereocenters. The molecule has 3 aliphatic rings. The van der Waals surface area contributed by atoms with Crippen molar-refractivity contribution in [1.82, 2.24) is 4.90 Å². The van der Waals surface area contributed by atoms with Gasteiger partial charge in [-0.3, -0.25) is 19.3 Å². The van der Waals surface area contributed by atoms with Crippen LogP contribution in [0.5, 0.6) is 0 Å². The number of benzene rings is 1. The highest BCUT2D eigenvalue weighted by Crippen LogP contribution is 2.19. The summed E-state index contributed by atoms with van der Waals surface area (Å²) in [6.45, 7) is 3.46. The number of piperidine rings is 2. The highest BCUT2D eigenvalue weighted by atomic mass is 19.1. The minimum atomic E-state index is -0.538. The summed E-state index contributed by atoms with van der Waals surface area (Å²) in [5, 5.41) is 0. The van der Waals surface area contributed by atoms with Gasteiger partial charge < -0.3 is 15.5 Å². The molecule has 3 heterocycles. The molecule has 0 aliphatic carbocycles. The van der Waals surface area contributed by atoms with Crippen LogP contribution in [-0.4, -0.2) is 60.4 Å². The van der Waals surface area contributed by atoms with Crippen molar-refractivity contribution in [3.63, 3.8) is 0 Å². The van der Waals surface area contributed by atoms with Crippen molar-refractivity contribution in [2.75, 3.05) is 26.2 Å². The Hall–Kier alpha value is -2.32. The molecular weight excluding hydrogens is 387 g/mol. The molecule has 3 aliphatic heterocycles. The standard InChI is InChI=1S/C22H29FN4O3/c23-17-6-4-16(5-7-17)15-27-19(28)14-18(20(27)29)25-12-8-22(9-13-25,21(24)30)26-10-2-1-3-11-26/h4-7,18H,1-3,8-15H2,(H2,24,30)/p+2/t18-/m1/s1. The van der Waals surface area contributed by atoms with Gasteiger partial charge in [-0.05, 0) is 37.0 Å². The van der Waals surface area contributed by atoms with Crippen LogP contribution in [0.3, 0.4) is 0 Å². The molecule has 0 aromatic heterocycles. The van der Waals surface area contributed by atoms with Crippen molar-refractivity contribution in [1.29, 1.82) is 0 Å². The van der Waals surface area contributed by atoms with Crippen molar-refractivity contribution in [2.24, 2.45) is 5.73 Å². The molecule has 0 spiro atoms. The third-order valence-corrected chi connectivity index (χ3v) is 7.34. The van der Waals surface area contributed by atoms with E-state index in [2.05, 4.69) is 0 Å². The van der Waals surface area contributed by atoms with Crippen molar-refractivity contribution < 1.29 is 28.6 Å². The normalized spacial score (nSPS) is 30.6. The minimum Gasteiger partial charge on any atom is -0.364 e. The fraction of sp³-hybridized carbons (Fsp3) is 0.591. The SMILES string of the molecule is NC(=O)C1([NH+]2CCCCC2)CC[NH+]([C@@H]2CC(=O)N(Cc3ccc(F)cc3)C2=O)CC1. The zero-order valence-electron chi connectivity index (χ0n) is 17.3. The summed E-state index contributed by atoms with van der Waals surface area (Å²) in [6.07, 6.45) is 4.95. The van der Waals surface area contributed by atoms with Crippen LogP contribution < -0.4 is 15.5 Å². The highest BCUT2D eigenvalue weighted by Gasteiger charge is 2.54. The number of quaternary nitrogens is 2. The van der Waals surface area contributed by atoms with Gasteiger partial charge in [0.1, 0.15) is 5.82 Å². The molecule has 0 bridgehead atoms. The molecule has 8 heteroatoms. The van der Waals surface area contributed by atoms with E-state index in [1.54, 1.807) is 12.1 Å². The second-order valence-electron chi connectivity index (χ2n) is 8.97. The number of halogens is 1. The quantitative estimate of drug-likeness (QED) is 0.505. The second kappa shape index (κ2) is 8.43. The number of hydrogen-bond acceptors (Lipinski definition) is 3. The van der Waals surface area contributed by atoms with Gasteiger partial charge in [0, 0.05) is 0 Å². The predicted octanol–water partition coefficient (Wildman–Crippen LogP) is -1.58. The molecule has 162 valence electrons. The molecule has 4 N–H and O–H groups in total. The Kier molecular flexibility index (Phi) is 5.88. The molecule has 1 aromatic carbocycles. The van der Waals surface area contributed by atoms with Gasteiger partial charge in [0.15, 0.2) is 11.6 Å². The maximum Gasteiger partial charge on any atom is 0.288 e. The number of carbonyl (C=O) groups is 3. The first kappa shape index (κ1) is 20.9. The summed E-state index contributed by atoms with van der Waals surface area (Å²) < 4.78 is 13.1. The average Bonchev–Trinajstić information content (AvgIpc) is 3.04. The molecule has 0 radical (unpaired) electrons. The summed E-state index contributed by atoms with van der Waals surface area (Å²) in [5.41, 5.74) is 6.07. The molecule has 0 saturated carbocycles. The van der Waals surface area contributed by atoms with E-state index in [0.29, 0.717) is 25.9 Å². The summed E-state index contributed by atoms with van der Waals surface area (Å²) >= 11 is 0. The highest BCUT2D eigenvalue weighted by molar-refractivity contribution is 6.04. The Morgan fingerprint density at radius 2 is 1.70 bits per heavy atom. The van der Waals surface area contributed by atoms with Crippen LogP contribution in [0, 0.1) is 5.82 Å². The van der Waals surface area contributed by atoms with Crippen LogP contribution >= 0.6 is 0 Å². The third-order valence-electron chi connectivity index (χ3n) is 7.34. The van der Waals surface area contributed by atoms with Crippen LogP contribution in [0.1, 0.15) is 44.1 Å².